The van der Waals surface area contributed by atoms with E-state index in [9.17, 15) is 0 Å². The molecule has 0 aliphatic rings. The standard InChI is InChI=1S/C20H14S/c1-14(15-7-3-2-4-8-15)16-11-12-18-17-9-5-6-10-19(17)21-20(18)13-16/h2-13H,1H2. The predicted molar refractivity (Wildman–Crippen MR) is 93.9 cm³/mol. The molecule has 0 saturated heterocycles. The van der Waals surface area contributed by atoms with Gasteiger partial charge in [-0.25, -0.2) is 0 Å². The zero-order chi connectivity index (χ0) is 14.2. The van der Waals surface area contributed by atoms with Crippen molar-refractivity contribution in [3.8, 4) is 0 Å². The van der Waals surface area contributed by atoms with Gasteiger partial charge >= 0.3 is 0 Å². The van der Waals surface area contributed by atoms with Crippen molar-refractivity contribution < 1.29 is 0 Å². The number of hydrogen-bond donors (Lipinski definition) is 0. The Balaban J connectivity index is 1.88. The first-order valence-corrected chi connectivity index (χ1v) is 7.80. The van der Waals surface area contributed by atoms with Crippen LogP contribution < -0.4 is 0 Å². The lowest BCUT2D eigenvalue weighted by Crippen LogP contribution is -1.85. The van der Waals surface area contributed by atoms with Crippen LogP contribution in [-0.2, 0) is 0 Å². The molecule has 0 amide bonds. The van der Waals surface area contributed by atoms with E-state index in [1.54, 1.807) is 0 Å². The number of benzene rings is 3. The van der Waals surface area contributed by atoms with Crippen molar-refractivity contribution in [3.05, 3.63) is 90.5 Å². The van der Waals surface area contributed by atoms with Gasteiger partial charge in [-0.15, -0.1) is 11.3 Å². The number of hydrogen-bond acceptors (Lipinski definition) is 1. The van der Waals surface area contributed by atoms with Crippen molar-refractivity contribution in [1.82, 2.24) is 0 Å². The third-order valence-electron chi connectivity index (χ3n) is 3.85. The van der Waals surface area contributed by atoms with E-state index in [0.717, 1.165) is 5.57 Å². The van der Waals surface area contributed by atoms with E-state index < -0.39 is 0 Å². The summed E-state index contributed by atoms with van der Waals surface area (Å²) in [5, 5.41) is 2.68. The molecule has 0 aliphatic heterocycles. The Hall–Kier alpha value is -2.38. The lowest BCUT2D eigenvalue weighted by Gasteiger charge is -2.06. The fraction of sp³-hybridized carbons (Fsp3) is 0. The molecular weight excluding hydrogens is 272 g/mol. The normalized spacial score (nSPS) is 11.0. The van der Waals surface area contributed by atoms with Gasteiger partial charge in [-0.2, -0.15) is 0 Å². The molecule has 0 bridgehead atoms. The zero-order valence-corrected chi connectivity index (χ0v) is 12.4. The first-order valence-electron chi connectivity index (χ1n) is 6.99. The van der Waals surface area contributed by atoms with Crippen LogP contribution >= 0.6 is 11.3 Å². The van der Waals surface area contributed by atoms with E-state index in [4.69, 9.17) is 0 Å². The third kappa shape index (κ3) is 2.07. The van der Waals surface area contributed by atoms with Crippen molar-refractivity contribution in [3.63, 3.8) is 0 Å². The van der Waals surface area contributed by atoms with Gasteiger partial charge < -0.3 is 0 Å². The van der Waals surface area contributed by atoms with Crippen molar-refractivity contribution in [2.75, 3.05) is 0 Å². The minimum atomic E-state index is 1.08. The fourth-order valence-electron chi connectivity index (χ4n) is 2.72. The summed E-state index contributed by atoms with van der Waals surface area (Å²) in [5.41, 5.74) is 3.45. The average Bonchev–Trinajstić information content (AvgIpc) is 2.92. The molecule has 1 aromatic heterocycles. The maximum Gasteiger partial charge on any atom is 0.0361 e. The molecule has 21 heavy (non-hydrogen) atoms. The van der Waals surface area contributed by atoms with Crippen LogP contribution in [0.15, 0.2) is 79.4 Å². The van der Waals surface area contributed by atoms with Crippen LogP contribution in [0.25, 0.3) is 25.7 Å². The topological polar surface area (TPSA) is 0 Å². The van der Waals surface area contributed by atoms with E-state index in [1.165, 1.54) is 31.3 Å². The molecule has 3 aromatic carbocycles. The third-order valence-corrected chi connectivity index (χ3v) is 4.98. The summed E-state index contributed by atoms with van der Waals surface area (Å²) in [4.78, 5) is 0. The highest BCUT2D eigenvalue weighted by Gasteiger charge is 2.07. The Bertz CT molecular complexity index is 945. The van der Waals surface area contributed by atoms with Crippen molar-refractivity contribution in [1.29, 1.82) is 0 Å². The van der Waals surface area contributed by atoms with E-state index in [0.29, 0.717) is 0 Å². The van der Waals surface area contributed by atoms with Gasteiger partial charge in [-0.3, -0.25) is 0 Å². The highest BCUT2D eigenvalue weighted by molar-refractivity contribution is 7.25. The van der Waals surface area contributed by atoms with Crippen LogP contribution in [0.2, 0.25) is 0 Å². The second-order valence-electron chi connectivity index (χ2n) is 5.15. The molecule has 0 aliphatic carbocycles. The minimum absolute atomic E-state index is 1.08. The Morgan fingerprint density at radius 3 is 2.24 bits per heavy atom. The van der Waals surface area contributed by atoms with E-state index in [1.807, 2.05) is 17.4 Å². The van der Waals surface area contributed by atoms with Gasteiger partial charge in [0.05, 0.1) is 0 Å². The van der Waals surface area contributed by atoms with E-state index in [-0.39, 0.29) is 0 Å². The Morgan fingerprint density at radius 1 is 0.667 bits per heavy atom. The quantitative estimate of drug-likeness (QED) is 0.416. The summed E-state index contributed by atoms with van der Waals surface area (Å²) in [5.74, 6) is 0. The SMILES string of the molecule is C=C(c1ccccc1)c1ccc2c(c1)sc1ccccc12. The summed E-state index contributed by atoms with van der Waals surface area (Å²) >= 11 is 1.85. The molecule has 100 valence electrons. The van der Waals surface area contributed by atoms with Crippen LogP contribution in [0.3, 0.4) is 0 Å². The number of rotatable bonds is 2. The smallest absolute Gasteiger partial charge is 0.0361 e. The number of thiophene rings is 1. The second-order valence-corrected chi connectivity index (χ2v) is 6.24. The van der Waals surface area contributed by atoms with Crippen LogP contribution in [-0.4, -0.2) is 0 Å². The Morgan fingerprint density at radius 2 is 1.38 bits per heavy atom. The van der Waals surface area contributed by atoms with Crippen molar-refractivity contribution >= 4 is 37.1 Å². The molecule has 4 rings (SSSR count). The first-order chi connectivity index (χ1) is 10.3. The largest absolute Gasteiger partial charge is 0.135 e. The summed E-state index contributed by atoms with van der Waals surface area (Å²) in [7, 11) is 0. The Labute approximate surface area is 128 Å². The Kier molecular flexibility index (Phi) is 2.87. The lowest BCUT2D eigenvalue weighted by atomic mass is 9.99. The van der Waals surface area contributed by atoms with Gasteiger partial charge in [-0.1, -0.05) is 67.2 Å². The maximum atomic E-state index is 4.26. The summed E-state index contributed by atoms with van der Waals surface area (Å²) in [6.45, 7) is 4.26. The molecule has 0 atom stereocenters. The van der Waals surface area contributed by atoms with Crippen molar-refractivity contribution in [2.24, 2.45) is 0 Å². The molecule has 0 spiro atoms. The first kappa shape index (κ1) is 12.4. The monoisotopic (exact) mass is 286 g/mol. The number of fused-ring (bicyclic) bond motifs is 3. The highest BCUT2D eigenvalue weighted by atomic mass is 32.1. The zero-order valence-electron chi connectivity index (χ0n) is 11.5. The van der Waals surface area contributed by atoms with E-state index in [2.05, 4.69) is 73.3 Å². The van der Waals surface area contributed by atoms with Gasteiger partial charge in [0.25, 0.3) is 0 Å². The summed E-state index contributed by atoms with van der Waals surface area (Å²) in [6, 6.07) is 25.6. The van der Waals surface area contributed by atoms with Gasteiger partial charge in [0.1, 0.15) is 0 Å². The average molecular weight is 286 g/mol. The van der Waals surface area contributed by atoms with Crippen LogP contribution in [0.5, 0.6) is 0 Å². The molecule has 0 N–H and O–H groups in total. The summed E-state index contributed by atoms with van der Waals surface area (Å²) < 4.78 is 2.67. The van der Waals surface area contributed by atoms with Crippen molar-refractivity contribution in [2.45, 2.75) is 0 Å². The molecule has 4 aromatic rings. The predicted octanol–water partition coefficient (Wildman–Crippen LogP) is 6.12. The molecular formula is C20H14S. The molecule has 0 saturated carbocycles. The highest BCUT2D eigenvalue weighted by Crippen LogP contribution is 2.35. The molecule has 1 heteroatoms. The molecule has 0 fully saturated rings. The molecule has 1 heterocycles. The molecule has 0 radical (unpaired) electrons. The van der Waals surface area contributed by atoms with Crippen LogP contribution in [0.1, 0.15) is 11.1 Å². The molecule has 0 nitrogen and oxygen atoms in total. The second kappa shape index (κ2) is 4.87. The van der Waals surface area contributed by atoms with Gasteiger partial charge in [-0.05, 0) is 28.8 Å². The van der Waals surface area contributed by atoms with Gasteiger partial charge in [0.2, 0.25) is 0 Å². The lowest BCUT2D eigenvalue weighted by molar-refractivity contribution is 1.58. The maximum absolute atomic E-state index is 4.26. The minimum Gasteiger partial charge on any atom is -0.135 e. The van der Waals surface area contributed by atoms with Crippen LogP contribution in [0, 0.1) is 0 Å². The summed E-state index contributed by atoms with van der Waals surface area (Å²) in [6.07, 6.45) is 0. The van der Waals surface area contributed by atoms with Crippen LogP contribution in [0.4, 0.5) is 0 Å². The van der Waals surface area contributed by atoms with Gasteiger partial charge in [0, 0.05) is 20.2 Å². The van der Waals surface area contributed by atoms with E-state index >= 15 is 0 Å². The van der Waals surface area contributed by atoms with Gasteiger partial charge in [0.15, 0.2) is 0 Å². The molecule has 0 unspecified atom stereocenters. The fourth-order valence-corrected chi connectivity index (χ4v) is 3.86.